The third kappa shape index (κ3) is 2.61. The molecular weight excluding hydrogens is 240 g/mol. The van der Waals surface area contributed by atoms with Crippen LogP contribution in [0.2, 0.25) is 0 Å². The molecule has 18 heavy (non-hydrogen) atoms. The Bertz CT molecular complexity index is 413. The van der Waals surface area contributed by atoms with Crippen molar-refractivity contribution < 1.29 is 0 Å². The Kier molecular flexibility index (Phi) is 3.69. The predicted octanol–water partition coefficient (Wildman–Crippen LogP) is 3.76. The molecule has 1 fully saturated rings. The summed E-state index contributed by atoms with van der Waals surface area (Å²) in [6.45, 7) is 2.41. The van der Waals surface area contributed by atoms with Crippen LogP contribution in [0.4, 0.5) is 11.4 Å². The molecule has 0 aromatic heterocycles. The Balaban J connectivity index is 1.75. The van der Waals surface area contributed by atoms with Gasteiger partial charge in [0.05, 0.1) is 5.69 Å². The average molecular weight is 262 g/mol. The summed E-state index contributed by atoms with van der Waals surface area (Å²) in [6, 6.07) is 6.36. The summed E-state index contributed by atoms with van der Waals surface area (Å²) in [5.41, 5.74) is 8.21. The SMILES string of the molecule is Nc1ccc2c(c1)N(CC1CCCCC1)CCS2. The quantitative estimate of drug-likeness (QED) is 0.823. The molecule has 1 aliphatic carbocycles. The Hall–Kier alpha value is -0.830. The molecule has 0 saturated heterocycles. The number of fused-ring (bicyclic) bond motifs is 1. The molecule has 1 heterocycles. The summed E-state index contributed by atoms with van der Waals surface area (Å²) in [7, 11) is 0. The van der Waals surface area contributed by atoms with Crippen LogP contribution in [0.5, 0.6) is 0 Å². The van der Waals surface area contributed by atoms with Crippen LogP contribution < -0.4 is 10.6 Å². The molecule has 98 valence electrons. The third-order valence-corrected chi connectivity index (χ3v) is 5.19. The first-order valence-corrected chi connectivity index (χ1v) is 8.09. The van der Waals surface area contributed by atoms with Crippen LogP contribution in [0.25, 0.3) is 0 Å². The maximum atomic E-state index is 5.94. The Morgan fingerprint density at radius 2 is 2.06 bits per heavy atom. The lowest BCUT2D eigenvalue weighted by atomic mass is 9.89. The zero-order chi connectivity index (χ0) is 12.4. The Morgan fingerprint density at radius 1 is 1.22 bits per heavy atom. The molecule has 1 aromatic rings. The van der Waals surface area contributed by atoms with Crippen molar-refractivity contribution in [2.45, 2.75) is 37.0 Å². The van der Waals surface area contributed by atoms with Crippen molar-refractivity contribution in [3.8, 4) is 0 Å². The summed E-state index contributed by atoms with van der Waals surface area (Å²) in [4.78, 5) is 3.98. The smallest absolute Gasteiger partial charge is 0.0525 e. The van der Waals surface area contributed by atoms with Crippen molar-refractivity contribution in [3.63, 3.8) is 0 Å². The van der Waals surface area contributed by atoms with E-state index in [0.29, 0.717) is 0 Å². The van der Waals surface area contributed by atoms with E-state index in [2.05, 4.69) is 17.0 Å². The first kappa shape index (κ1) is 12.2. The van der Waals surface area contributed by atoms with E-state index in [4.69, 9.17) is 5.73 Å². The molecule has 2 nitrogen and oxygen atoms in total. The molecule has 3 rings (SSSR count). The molecule has 0 radical (unpaired) electrons. The van der Waals surface area contributed by atoms with Crippen molar-refractivity contribution >= 4 is 23.1 Å². The maximum absolute atomic E-state index is 5.94. The fraction of sp³-hybridized carbons (Fsp3) is 0.600. The second kappa shape index (κ2) is 5.43. The standard InChI is InChI=1S/C15H22N2S/c16-13-6-7-15-14(10-13)17(8-9-18-15)11-12-4-2-1-3-5-12/h6-7,10,12H,1-5,8-9,11,16H2. The van der Waals surface area contributed by atoms with Gasteiger partial charge in [-0.15, -0.1) is 11.8 Å². The Labute approximate surface area is 114 Å². The summed E-state index contributed by atoms with van der Waals surface area (Å²) in [5.74, 6) is 2.11. The molecule has 3 heteroatoms. The number of benzene rings is 1. The highest BCUT2D eigenvalue weighted by atomic mass is 32.2. The summed E-state index contributed by atoms with van der Waals surface area (Å²) in [5, 5.41) is 0. The maximum Gasteiger partial charge on any atom is 0.0525 e. The van der Waals surface area contributed by atoms with Gasteiger partial charge in [0.15, 0.2) is 0 Å². The van der Waals surface area contributed by atoms with Gasteiger partial charge in [0, 0.05) is 29.4 Å². The van der Waals surface area contributed by atoms with Crippen LogP contribution in [0.1, 0.15) is 32.1 Å². The highest BCUT2D eigenvalue weighted by Gasteiger charge is 2.22. The van der Waals surface area contributed by atoms with Crippen molar-refractivity contribution in [2.24, 2.45) is 5.92 Å². The van der Waals surface area contributed by atoms with Crippen molar-refractivity contribution in [1.82, 2.24) is 0 Å². The zero-order valence-corrected chi connectivity index (χ0v) is 11.7. The highest BCUT2D eigenvalue weighted by Crippen LogP contribution is 2.37. The van der Waals surface area contributed by atoms with E-state index >= 15 is 0 Å². The van der Waals surface area contributed by atoms with Crippen LogP contribution in [0.15, 0.2) is 23.1 Å². The minimum Gasteiger partial charge on any atom is -0.399 e. The summed E-state index contributed by atoms with van der Waals surface area (Å²) in [6.07, 6.45) is 7.13. The molecular formula is C15H22N2S. The number of anilines is 2. The van der Waals surface area contributed by atoms with E-state index in [9.17, 15) is 0 Å². The monoisotopic (exact) mass is 262 g/mol. The number of hydrogen-bond acceptors (Lipinski definition) is 3. The van der Waals surface area contributed by atoms with Crippen LogP contribution >= 0.6 is 11.8 Å². The van der Waals surface area contributed by atoms with Gasteiger partial charge in [0.1, 0.15) is 0 Å². The van der Waals surface area contributed by atoms with Crippen LogP contribution in [-0.2, 0) is 0 Å². The van der Waals surface area contributed by atoms with E-state index < -0.39 is 0 Å². The minimum absolute atomic E-state index is 0.893. The lowest BCUT2D eigenvalue weighted by Gasteiger charge is -2.35. The summed E-state index contributed by atoms with van der Waals surface area (Å²) < 4.78 is 0. The van der Waals surface area contributed by atoms with E-state index in [-0.39, 0.29) is 0 Å². The van der Waals surface area contributed by atoms with Gasteiger partial charge in [0.2, 0.25) is 0 Å². The second-order valence-corrected chi connectivity index (χ2v) is 6.66. The molecule has 0 amide bonds. The van der Waals surface area contributed by atoms with Gasteiger partial charge in [-0.25, -0.2) is 0 Å². The largest absolute Gasteiger partial charge is 0.399 e. The number of nitrogen functional groups attached to an aromatic ring is 1. The van der Waals surface area contributed by atoms with Gasteiger partial charge in [-0.3, -0.25) is 0 Å². The molecule has 1 aliphatic heterocycles. The number of hydrogen-bond donors (Lipinski definition) is 1. The fourth-order valence-corrected chi connectivity index (χ4v) is 4.19. The van der Waals surface area contributed by atoms with Gasteiger partial charge in [-0.2, -0.15) is 0 Å². The molecule has 2 aliphatic rings. The molecule has 0 spiro atoms. The first-order chi connectivity index (χ1) is 8.83. The topological polar surface area (TPSA) is 29.3 Å². The van der Waals surface area contributed by atoms with E-state index in [1.165, 1.54) is 61.5 Å². The molecule has 0 bridgehead atoms. The van der Waals surface area contributed by atoms with Crippen LogP contribution in [0.3, 0.4) is 0 Å². The van der Waals surface area contributed by atoms with Crippen LogP contribution in [0, 0.1) is 5.92 Å². The van der Waals surface area contributed by atoms with E-state index in [1.54, 1.807) is 0 Å². The highest BCUT2D eigenvalue weighted by molar-refractivity contribution is 7.99. The fourth-order valence-electron chi connectivity index (χ4n) is 3.16. The minimum atomic E-state index is 0.893. The van der Waals surface area contributed by atoms with E-state index in [1.807, 2.05) is 17.8 Å². The van der Waals surface area contributed by atoms with Crippen molar-refractivity contribution in [2.75, 3.05) is 29.5 Å². The number of rotatable bonds is 2. The van der Waals surface area contributed by atoms with Gasteiger partial charge < -0.3 is 10.6 Å². The average Bonchev–Trinajstić information content (AvgIpc) is 2.41. The van der Waals surface area contributed by atoms with Gasteiger partial charge in [-0.05, 0) is 37.0 Å². The third-order valence-electron chi connectivity index (χ3n) is 4.15. The normalized spacial score (nSPS) is 20.8. The van der Waals surface area contributed by atoms with Gasteiger partial charge in [0.25, 0.3) is 0 Å². The van der Waals surface area contributed by atoms with Gasteiger partial charge in [-0.1, -0.05) is 19.3 Å². The van der Waals surface area contributed by atoms with Crippen molar-refractivity contribution in [3.05, 3.63) is 18.2 Å². The summed E-state index contributed by atoms with van der Waals surface area (Å²) >= 11 is 1.97. The molecule has 1 saturated carbocycles. The molecule has 1 aromatic carbocycles. The Morgan fingerprint density at radius 3 is 2.89 bits per heavy atom. The van der Waals surface area contributed by atoms with Crippen molar-refractivity contribution in [1.29, 1.82) is 0 Å². The lowest BCUT2D eigenvalue weighted by molar-refractivity contribution is 0.359. The zero-order valence-electron chi connectivity index (χ0n) is 10.9. The van der Waals surface area contributed by atoms with Gasteiger partial charge >= 0.3 is 0 Å². The second-order valence-electron chi connectivity index (χ2n) is 5.53. The number of nitrogens with two attached hydrogens (primary N) is 1. The molecule has 0 atom stereocenters. The molecule has 2 N–H and O–H groups in total. The first-order valence-electron chi connectivity index (χ1n) is 7.10. The number of nitrogens with zero attached hydrogens (tertiary/aromatic N) is 1. The lowest BCUT2D eigenvalue weighted by Crippen LogP contribution is -2.34. The number of thioether (sulfide) groups is 1. The van der Waals surface area contributed by atoms with E-state index in [0.717, 1.165) is 11.6 Å². The predicted molar refractivity (Wildman–Crippen MR) is 80.4 cm³/mol. The van der Waals surface area contributed by atoms with Crippen LogP contribution in [-0.4, -0.2) is 18.8 Å². The molecule has 0 unspecified atom stereocenters.